The fourth-order valence-corrected chi connectivity index (χ4v) is 4.11. The lowest BCUT2D eigenvalue weighted by Crippen LogP contribution is -2.10. The number of benzene rings is 2. The number of hydrogen-bond acceptors (Lipinski definition) is 0. The lowest BCUT2D eigenvalue weighted by Gasteiger charge is -2.24. The maximum absolute atomic E-state index is 4.25. The summed E-state index contributed by atoms with van der Waals surface area (Å²) in [5.41, 5.74) is 9.88. The smallest absolute Gasteiger partial charge is 0.0132 e. The van der Waals surface area contributed by atoms with Gasteiger partial charge in [0.15, 0.2) is 0 Å². The number of hydrogen-bond donors (Lipinski definition) is 0. The van der Waals surface area contributed by atoms with Crippen molar-refractivity contribution >= 4 is 5.57 Å². The van der Waals surface area contributed by atoms with Crippen LogP contribution < -0.4 is 0 Å². The summed E-state index contributed by atoms with van der Waals surface area (Å²) in [6.07, 6.45) is 4.74. The van der Waals surface area contributed by atoms with Gasteiger partial charge in [0.05, 0.1) is 0 Å². The van der Waals surface area contributed by atoms with E-state index >= 15 is 0 Å². The van der Waals surface area contributed by atoms with Gasteiger partial charge in [0.25, 0.3) is 0 Å². The number of rotatable bonds is 8. The largest absolute Gasteiger partial charge is 0.106 e. The molecule has 0 aromatic heterocycles. The monoisotopic (exact) mass is 474 g/mol. The van der Waals surface area contributed by atoms with Crippen molar-refractivity contribution < 1.29 is 0 Å². The van der Waals surface area contributed by atoms with Crippen LogP contribution in [0.5, 0.6) is 0 Å². The van der Waals surface area contributed by atoms with Gasteiger partial charge in [-0.05, 0) is 91.2 Å². The minimum Gasteiger partial charge on any atom is -0.106 e. The van der Waals surface area contributed by atoms with E-state index in [4.69, 9.17) is 0 Å². The fourth-order valence-electron chi connectivity index (χ4n) is 4.11. The van der Waals surface area contributed by atoms with E-state index < -0.39 is 0 Å². The third-order valence-corrected chi connectivity index (χ3v) is 6.22. The van der Waals surface area contributed by atoms with Crippen LogP contribution in [0.1, 0.15) is 96.9 Å². The fraction of sp³-hybridized carbons (Fsp3) is 0.429. The van der Waals surface area contributed by atoms with E-state index in [1.54, 1.807) is 0 Å². The van der Waals surface area contributed by atoms with Crippen molar-refractivity contribution in [3.05, 3.63) is 115 Å². The molecule has 0 N–H and O–H groups in total. The normalized spacial score (nSPS) is 11.8. The first-order chi connectivity index (χ1) is 16.6. The van der Waals surface area contributed by atoms with Crippen LogP contribution in [-0.4, -0.2) is 0 Å². The second kappa shape index (κ2) is 18.7. The molecule has 2 aromatic carbocycles. The quantitative estimate of drug-likeness (QED) is 0.263. The molecule has 0 fully saturated rings. The van der Waals surface area contributed by atoms with Crippen LogP contribution in [0.25, 0.3) is 5.57 Å². The van der Waals surface area contributed by atoms with Gasteiger partial charge in [-0.15, -0.1) is 26.3 Å². The zero-order valence-electron chi connectivity index (χ0n) is 24.6. The number of aryl methyl sites for hydroxylation is 2. The first-order valence-electron chi connectivity index (χ1n) is 13.2. The van der Waals surface area contributed by atoms with Crippen LogP contribution in [0.15, 0.2) is 92.6 Å². The molecule has 0 spiro atoms. The predicted octanol–water partition coefficient (Wildman–Crippen LogP) is 11.3. The standard InChI is InChI=1S/C29H40.C2H6.2C2H4/c1-9-25(15-12-14-24-17-19-26(20-18-24)29(6,7)8)28(23(5)21(2)3)27-16-11-10-13-22(27)4;3*1-2/h10-11,13,16-20,25H,2,9,12,14-15H2,1,3-8H3;1-2H3;2*1-2H2/b28-23+;;;. The topological polar surface area (TPSA) is 0 Å². The molecular weight excluding hydrogens is 420 g/mol. The Labute approximate surface area is 219 Å². The van der Waals surface area contributed by atoms with E-state index in [2.05, 4.69) is 130 Å². The SMILES string of the molecule is C=C.C=C.C=C(C)/C(C)=C(/c1ccccc1C)C(CC)CCCc1ccc(C(C)(C)C)cc1.CC. The Morgan fingerprint density at radius 2 is 1.37 bits per heavy atom. The van der Waals surface area contributed by atoms with Gasteiger partial charge < -0.3 is 0 Å². The van der Waals surface area contributed by atoms with Crippen LogP contribution >= 0.6 is 0 Å². The molecule has 0 heterocycles. The Hall–Kier alpha value is -2.60. The molecule has 0 aliphatic carbocycles. The molecule has 2 aromatic rings. The summed E-state index contributed by atoms with van der Waals surface area (Å²) in [5, 5.41) is 0. The molecule has 0 radical (unpaired) electrons. The second-order valence-electron chi connectivity index (χ2n) is 9.58. The average Bonchev–Trinajstić information content (AvgIpc) is 2.87. The number of allylic oxidation sites excluding steroid dienone is 3. The summed E-state index contributed by atoms with van der Waals surface area (Å²) in [7, 11) is 0. The first-order valence-corrected chi connectivity index (χ1v) is 13.2. The van der Waals surface area contributed by atoms with Gasteiger partial charge in [-0.1, -0.05) is 102 Å². The van der Waals surface area contributed by atoms with Crippen molar-refractivity contribution in [2.45, 2.75) is 93.4 Å². The molecule has 35 heavy (non-hydrogen) atoms. The van der Waals surface area contributed by atoms with E-state index in [9.17, 15) is 0 Å². The van der Waals surface area contributed by atoms with Gasteiger partial charge in [0.2, 0.25) is 0 Å². The maximum Gasteiger partial charge on any atom is -0.0132 e. The molecule has 0 saturated carbocycles. The molecule has 0 saturated heterocycles. The Morgan fingerprint density at radius 3 is 1.80 bits per heavy atom. The highest BCUT2D eigenvalue weighted by Gasteiger charge is 2.19. The molecule has 2 rings (SSSR count). The molecule has 0 heteroatoms. The van der Waals surface area contributed by atoms with E-state index in [1.165, 1.54) is 51.8 Å². The average molecular weight is 475 g/mol. The summed E-state index contributed by atoms with van der Waals surface area (Å²) in [5.74, 6) is 0.571. The Balaban J connectivity index is 0. The third kappa shape index (κ3) is 11.6. The summed E-state index contributed by atoms with van der Waals surface area (Å²) >= 11 is 0. The van der Waals surface area contributed by atoms with Gasteiger partial charge in [0.1, 0.15) is 0 Å². The minimum atomic E-state index is 0.221. The molecule has 0 aliphatic rings. The highest BCUT2D eigenvalue weighted by atomic mass is 14.2. The Morgan fingerprint density at radius 1 is 0.857 bits per heavy atom. The molecule has 0 nitrogen and oxygen atoms in total. The highest BCUT2D eigenvalue weighted by molar-refractivity contribution is 5.75. The van der Waals surface area contributed by atoms with Crippen molar-refractivity contribution in [2.75, 3.05) is 0 Å². The van der Waals surface area contributed by atoms with Crippen molar-refractivity contribution in [3.63, 3.8) is 0 Å². The van der Waals surface area contributed by atoms with Crippen molar-refractivity contribution in [1.82, 2.24) is 0 Å². The second-order valence-corrected chi connectivity index (χ2v) is 9.58. The van der Waals surface area contributed by atoms with Crippen LogP contribution in [-0.2, 0) is 11.8 Å². The van der Waals surface area contributed by atoms with Crippen LogP contribution in [0.2, 0.25) is 0 Å². The van der Waals surface area contributed by atoms with E-state index in [0.717, 1.165) is 12.8 Å². The van der Waals surface area contributed by atoms with Crippen molar-refractivity contribution in [2.24, 2.45) is 5.92 Å². The molecule has 0 amide bonds. The first kappa shape index (κ1) is 34.6. The summed E-state index contributed by atoms with van der Waals surface area (Å²) in [6, 6.07) is 18.0. The van der Waals surface area contributed by atoms with E-state index in [1.807, 2.05) is 13.8 Å². The zero-order valence-corrected chi connectivity index (χ0v) is 24.6. The third-order valence-electron chi connectivity index (χ3n) is 6.22. The van der Waals surface area contributed by atoms with E-state index in [-0.39, 0.29) is 5.41 Å². The summed E-state index contributed by atoms with van der Waals surface area (Å²) in [6.45, 7) is 36.0. The minimum absolute atomic E-state index is 0.221. The van der Waals surface area contributed by atoms with Gasteiger partial charge in [-0.2, -0.15) is 0 Å². The van der Waals surface area contributed by atoms with Crippen LogP contribution in [0.3, 0.4) is 0 Å². The summed E-state index contributed by atoms with van der Waals surface area (Å²) in [4.78, 5) is 0. The maximum atomic E-state index is 4.25. The van der Waals surface area contributed by atoms with Gasteiger partial charge in [-0.25, -0.2) is 0 Å². The van der Waals surface area contributed by atoms with Crippen LogP contribution in [0.4, 0.5) is 0 Å². The van der Waals surface area contributed by atoms with Crippen molar-refractivity contribution in [1.29, 1.82) is 0 Å². The Bertz CT molecular complexity index is 869. The molecule has 1 unspecified atom stereocenters. The molecule has 194 valence electrons. The summed E-state index contributed by atoms with van der Waals surface area (Å²) < 4.78 is 0. The Kier molecular flexibility index (Phi) is 18.5. The lowest BCUT2D eigenvalue weighted by atomic mass is 9.80. The molecular formula is C35H54. The van der Waals surface area contributed by atoms with Gasteiger partial charge in [-0.3, -0.25) is 0 Å². The zero-order chi connectivity index (χ0) is 27.6. The van der Waals surface area contributed by atoms with Gasteiger partial charge >= 0.3 is 0 Å². The lowest BCUT2D eigenvalue weighted by molar-refractivity contribution is 0.557. The molecule has 1 atom stereocenters. The van der Waals surface area contributed by atoms with Gasteiger partial charge in [0, 0.05) is 0 Å². The molecule has 0 bridgehead atoms. The van der Waals surface area contributed by atoms with Crippen LogP contribution in [0, 0.1) is 12.8 Å². The molecule has 0 aliphatic heterocycles. The van der Waals surface area contributed by atoms with E-state index in [0.29, 0.717) is 5.92 Å². The predicted molar refractivity (Wildman–Crippen MR) is 164 cm³/mol. The van der Waals surface area contributed by atoms with Crippen molar-refractivity contribution in [3.8, 4) is 0 Å². The highest BCUT2D eigenvalue weighted by Crippen LogP contribution is 2.36.